The second-order valence-corrected chi connectivity index (χ2v) is 8.15. The van der Waals surface area contributed by atoms with Gasteiger partial charge in [0.2, 0.25) is 5.91 Å². The molecule has 0 unspecified atom stereocenters. The summed E-state index contributed by atoms with van der Waals surface area (Å²) in [4.78, 5) is 54.1. The Morgan fingerprint density at radius 1 is 1.21 bits per heavy atom. The molecule has 0 radical (unpaired) electrons. The molecule has 4 amide bonds. The summed E-state index contributed by atoms with van der Waals surface area (Å²) < 4.78 is 5.06. The Balaban J connectivity index is 0.00000122. The molecule has 2 fully saturated rings. The molecule has 0 aliphatic carbocycles. The Bertz CT molecular complexity index is 810. The molecule has 2 heterocycles. The highest BCUT2D eigenvalue weighted by Crippen LogP contribution is 2.38. The number of carboxylic acid groups (broad SMARTS) is 1. The number of hydrogen-bond donors (Lipinski definition) is 1. The summed E-state index contributed by atoms with van der Waals surface area (Å²) in [7, 11) is 3.53. The van der Waals surface area contributed by atoms with Gasteiger partial charge in [0.05, 0.1) is 13.2 Å². The van der Waals surface area contributed by atoms with Crippen LogP contribution in [0, 0.1) is 0 Å². The maximum Gasteiger partial charge on any atom is 0.327 e. The second-order valence-electron chi connectivity index (χ2n) is 8.15. The number of benzene rings is 1. The van der Waals surface area contributed by atoms with Crippen molar-refractivity contribution in [1.29, 1.82) is 0 Å². The van der Waals surface area contributed by atoms with Crippen LogP contribution < -0.4 is 0 Å². The van der Waals surface area contributed by atoms with Crippen LogP contribution in [0.1, 0.15) is 25.3 Å². The normalized spacial score (nSPS) is 17.4. The van der Waals surface area contributed by atoms with Crippen molar-refractivity contribution in [2.75, 3.05) is 53.5 Å². The number of likely N-dealkylation sites (tertiary alicyclic amines) is 1. The first-order valence-corrected chi connectivity index (χ1v) is 11.0. The number of carbonyl (C=O) groups excluding carboxylic acids is 3. The minimum atomic E-state index is -0.859. The topological polar surface area (TPSA) is 111 Å². The average molecular weight is 463 g/mol. The largest absolute Gasteiger partial charge is 0.483 e. The number of urea groups is 1. The van der Waals surface area contributed by atoms with E-state index >= 15 is 0 Å². The van der Waals surface area contributed by atoms with E-state index in [0.717, 1.165) is 5.56 Å². The quantitative estimate of drug-likeness (QED) is 0.455. The summed E-state index contributed by atoms with van der Waals surface area (Å²) in [6.45, 7) is 4.85. The zero-order valence-corrected chi connectivity index (χ0v) is 19.6. The summed E-state index contributed by atoms with van der Waals surface area (Å²) >= 11 is 0. The predicted molar refractivity (Wildman–Crippen MR) is 121 cm³/mol. The molecule has 0 aromatic heterocycles. The summed E-state index contributed by atoms with van der Waals surface area (Å²) in [5, 5.41) is 6.89. The fraction of sp³-hybridized carbons (Fsp3) is 0.565. The Labute approximate surface area is 194 Å². The fourth-order valence-corrected chi connectivity index (χ4v) is 4.31. The zero-order valence-electron chi connectivity index (χ0n) is 19.6. The maximum atomic E-state index is 13.2. The number of ether oxygens (including phenoxy) is 1. The molecule has 1 spiro atoms. The fourth-order valence-electron chi connectivity index (χ4n) is 4.31. The van der Waals surface area contributed by atoms with Crippen LogP contribution in [0.5, 0.6) is 0 Å². The summed E-state index contributed by atoms with van der Waals surface area (Å²) in [5.41, 5.74) is 0.135. The number of imide groups is 1. The van der Waals surface area contributed by atoms with Gasteiger partial charge in [-0.15, -0.1) is 0 Å². The smallest absolute Gasteiger partial charge is 0.327 e. The molecule has 0 atom stereocenters. The van der Waals surface area contributed by atoms with Gasteiger partial charge < -0.3 is 19.6 Å². The van der Waals surface area contributed by atoms with Crippen LogP contribution in [0.4, 0.5) is 4.79 Å². The first-order chi connectivity index (χ1) is 15.8. The van der Waals surface area contributed by atoms with Crippen LogP contribution in [0.25, 0.3) is 0 Å². The first-order valence-electron chi connectivity index (χ1n) is 11.0. The molecule has 10 nitrogen and oxygen atoms in total. The van der Waals surface area contributed by atoms with E-state index in [-0.39, 0.29) is 24.3 Å². The Hall–Kier alpha value is -2.98. The summed E-state index contributed by atoms with van der Waals surface area (Å²) in [6.07, 6.45) is 0.933. The van der Waals surface area contributed by atoms with Crippen molar-refractivity contribution in [2.45, 2.75) is 31.8 Å². The molecule has 0 saturated carbocycles. The standard InChI is InChI=1S/C22H32N4O4.CH2O2/c1-4-25-20(28)22(26(21(25)29)16-18-8-6-5-7-9-18)10-12-24(13-11-22)19(27)17-23(2)14-15-30-3;2-1-3/h5-9H,4,10-17H2,1-3H3;1H,(H,2,3). The summed E-state index contributed by atoms with van der Waals surface area (Å²) in [6, 6.07) is 9.50. The molecular weight excluding hydrogens is 428 g/mol. The van der Waals surface area contributed by atoms with Gasteiger partial charge in [-0.1, -0.05) is 30.3 Å². The predicted octanol–water partition coefficient (Wildman–Crippen LogP) is 1.11. The number of piperidine rings is 1. The van der Waals surface area contributed by atoms with Gasteiger partial charge in [0.15, 0.2) is 0 Å². The molecule has 33 heavy (non-hydrogen) atoms. The zero-order chi connectivity index (χ0) is 24.4. The molecule has 2 aliphatic rings. The van der Waals surface area contributed by atoms with Gasteiger partial charge in [-0.3, -0.25) is 24.2 Å². The molecule has 1 N–H and O–H groups in total. The Morgan fingerprint density at radius 3 is 2.36 bits per heavy atom. The third kappa shape index (κ3) is 6.08. The molecule has 1 aromatic carbocycles. The molecule has 0 bridgehead atoms. The lowest BCUT2D eigenvalue weighted by Gasteiger charge is -2.42. The highest BCUT2D eigenvalue weighted by molar-refractivity contribution is 6.07. The van der Waals surface area contributed by atoms with Gasteiger partial charge >= 0.3 is 6.03 Å². The minimum Gasteiger partial charge on any atom is -0.483 e. The van der Waals surface area contributed by atoms with Crippen molar-refractivity contribution in [1.82, 2.24) is 19.6 Å². The Morgan fingerprint density at radius 2 is 1.82 bits per heavy atom. The highest BCUT2D eigenvalue weighted by Gasteiger charge is 2.57. The molecular formula is C23H34N4O6. The first kappa shape index (κ1) is 26.3. The second kappa shape index (κ2) is 12.3. The van der Waals surface area contributed by atoms with Gasteiger partial charge in [0.25, 0.3) is 12.4 Å². The summed E-state index contributed by atoms with van der Waals surface area (Å²) in [5.74, 6) is -0.0857. The maximum absolute atomic E-state index is 13.2. The molecule has 182 valence electrons. The number of hydrogen-bond acceptors (Lipinski definition) is 6. The van der Waals surface area contributed by atoms with Crippen molar-refractivity contribution in [3.05, 3.63) is 35.9 Å². The van der Waals surface area contributed by atoms with Crippen molar-refractivity contribution in [2.24, 2.45) is 0 Å². The van der Waals surface area contributed by atoms with Crippen molar-refractivity contribution >= 4 is 24.3 Å². The van der Waals surface area contributed by atoms with Crippen LogP contribution in [-0.4, -0.2) is 108 Å². The van der Waals surface area contributed by atoms with Gasteiger partial charge in [-0.25, -0.2) is 4.79 Å². The monoisotopic (exact) mass is 462 g/mol. The lowest BCUT2D eigenvalue weighted by Crippen LogP contribution is -2.57. The van der Waals surface area contributed by atoms with Gasteiger partial charge in [0.1, 0.15) is 5.54 Å². The van der Waals surface area contributed by atoms with Crippen LogP contribution >= 0.6 is 0 Å². The number of rotatable bonds is 8. The number of carbonyl (C=O) groups is 4. The molecule has 3 rings (SSSR count). The molecule has 2 saturated heterocycles. The number of nitrogens with zero attached hydrogens (tertiary/aromatic N) is 4. The van der Waals surface area contributed by atoms with Crippen LogP contribution in [-0.2, 0) is 25.7 Å². The van der Waals surface area contributed by atoms with Crippen molar-refractivity contribution in [3.63, 3.8) is 0 Å². The molecule has 10 heteroatoms. The average Bonchev–Trinajstić information content (AvgIpc) is 3.00. The van der Waals surface area contributed by atoms with E-state index in [9.17, 15) is 14.4 Å². The van der Waals surface area contributed by atoms with Gasteiger partial charge in [-0.05, 0) is 32.4 Å². The van der Waals surface area contributed by atoms with Crippen molar-refractivity contribution < 1.29 is 29.0 Å². The van der Waals surface area contributed by atoms with Gasteiger partial charge in [-0.2, -0.15) is 0 Å². The highest BCUT2D eigenvalue weighted by atomic mass is 16.5. The van der Waals surface area contributed by atoms with Crippen LogP contribution in [0.3, 0.4) is 0 Å². The van der Waals surface area contributed by atoms with Crippen molar-refractivity contribution in [3.8, 4) is 0 Å². The van der Waals surface area contributed by atoms with E-state index in [0.29, 0.717) is 58.7 Å². The van der Waals surface area contributed by atoms with E-state index < -0.39 is 5.54 Å². The lowest BCUT2D eigenvalue weighted by molar-refractivity contribution is -0.141. The number of likely N-dealkylation sites (N-methyl/N-ethyl adjacent to an activating group) is 2. The third-order valence-corrected chi connectivity index (χ3v) is 6.15. The molecule has 1 aromatic rings. The molecule has 2 aliphatic heterocycles. The van der Waals surface area contributed by atoms with E-state index in [4.69, 9.17) is 14.6 Å². The van der Waals surface area contributed by atoms with E-state index in [1.807, 2.05) is 54.1 Å². The third-order valence-electron chi connectivity index (χ3n) is 6.15. The minimum absolute atomic E-state index is 0.0437. The lowest BCUT2D eigenvalue weighted by atomic mass is 9.85. The van der Waals surface area contributed by atoms with E-state index in [1.165, 1.54) is 4.90 Å². The Kier molecular flexibility index (Phi) is 9.80. The van der Waals surface area contributed by atoms with Gasteiger partial charge in [0, 0.05) is 39.8 Å². The SMILES string of the molecule is CCN1C(=O)N(Cc2ccccc2)C2(CCN(C(=O)CN(C)CCOC)CC2)C1=O.O=CO. The van der Waals surface area contributed by atoms with E-state index in [2.05, 4.69) is 0 Å². The van der Waals surface area contributed by atoms with Crippen LogP contribution in [0.15, 0.2) is 30.3 Å². The van der Waals surface area contributed by atoms with E-state index in [1.54, 1.807) is 12.0 Å². The van der Waals surface area contributed by atoms with Crippen LogP contribution in [0.2, 0.25) is 0 Å². The number of methoxy groups -OCH3 is 1. The number of amides is 4.